The van der Waals surface area contributed by atoms with E-state index in [4.69, 9.17) is 0 Å². The van der Waals surface area contributed by atoms with Gasteiger partial charge in [-0.15, -0.1) is 0 Å². The lowest BCUT2D eigenvalue weighted by atomic mass is 10.0. The number of nitrogens with one attached hydrogen (secondary N) is 1. The average Bonchev–Trinajstić information content (AvgIpc) is 2.66. The van der Waals surface area contributed by atoms with Crippen LogP contribution in [0.1, 0.15) is 43.4 Å². The normalized spacial score (nSPS) is 12.2. The molecular formula is C23H24N2O2. The highest BCUT2D eigenvalue weighted by Gasteiger charge is 2.21. The standard InChI is InChI=1S/C23H24N2O2/c1-17(2)15-24-22(26)13-14-23(27)25-16-20-9-4-3-7-18(20)11-12-19-8-5-6-10-21(19)25/h3-10,17H,13-16H2,1-2H3,(H,24,26). The average molecular weight is 360 g/mol. The Morgan fingerprint density at radius 1 is 1.00 bits per heavy atom. The van der Waals surface area contributed by atoms with Crippen LogP contribution in [0, 0.1) is 17.8 Å². The third-order valence-corrected chi connectivity index (χ3v) is 4.45. The molecule has 0 atom stereocenters. The van der Waals surface area contributed by atoms with Crippen molar-refractivity contribution in [3.05, 3.63) is 65.2 Å². The fraction of sp³-hybridized carbons (Fsp3) is 0.304. The molecule has 2 aromatic rings. The van der Waals surface area contributed by atoms with Gasteiger partial charge in [0.2, 0.25) is 11.8 Å². The topological polar surface area (TPSA) is 49.4 Å². The number of amides is 2. The van der Waals surface area contributed by atoms with Crippen LogP contribution >= 0.6 is 0 Å². The zero-order valence-electron chi connectivity index (χ0n) is 15.8. The molecule has 0 spiro atoms. The van der Waals surface area contributed by atoms with Crippen molar-refractivity contribution in [1.82, 2.24) is 5.32 Å². The van der Waals surface area contributed by atoms with Crippen molar-refractivity contribution in [2.24, 2.45) is 5.92 Å². The number of carbonyl (C=O) groups excluding carboxylic acids is 2. The summed E-state index contributed by atoms with van der Waals surface area (Å²) >= 11 is 0. The maximum absolute atomic E-state index is 13.0. The molecule has 0 saturated carbocycles. The van der Waals surface area contributed by atoms with E-state index in [0.29, 0.717) is 19.0 Å². The van der Waals surface area contributed by atoms with Gasteiger partial charge in [0, 0.05) is 30.5 Å². The Morgan fingerprint density at radius 2 is 1.67 bits per heavy atom. The lowest BCUT2D eigenvalue weighted by Crippen LogP contribution is -2.33. The van der Waals surface area contributed by atoms with Gasteiger partial charge < -0.3 is 10.2 Å². The lowest BCUT2D eigenvalue weighted by molar-refractivity contribution is -0.125. The highest BCUT2D eigenvalue weighted by Crippen LogP contribution is 2.26. The van der Waals surface area contributed by atoms with E-state index < -0.39 is 0 Å². The number of fused-ring (bicyclic) bond motifs is 2. The summed E-state index contributed by atoms with van der Waals surface area (Å²) in [5.41, 5.74) is 3.56. The van der Waals surface area contributed by atoms with Crippen LogP contribution in [0.5, 0.6) is 0 Å². The van der Waals surface area contributed by atoms with Gasteiger partial charge in [0.15, 0.2) is 0 Å². The Labute approximate surface area is 160 Å². The van der Waals surface area contributed by atoms with E-state index in [0.717, 1.165) is 22.4 Å². The van der Waals surface area contributed by atoms with Gasteiger partial charge in [-0.05, 0) is 29.7 Å². The van der Waals surface area contributed by atoms with Crippen LogP contribution in [0.3, 0.4) is 0 Å². The molecule has 138 valence electrons. The van der Waals surface area contributed by atoms with Crippen molar-refractivity contribution < 1.29 is 9.59 Å². The summed E-state index contributed by atoms with van der Waals surface area (Å²) in [5, 5.41) is 2.87. The smallest absolute Gasteiger partial charge is 0.227 e. The van der Waals surface area contributed by atoms with Crippen LogP contribution in [0.2, 0.25) is 0 Å². The molecule has 4 heteroatoms. The van der Waals surface area contributed by atoms with Gasteiger partial charge in [0.05, 0.1) is 12.2 Å². The number of nitrogens with zero attached hydrogens (tertiary/aromatic N) is 1. The summed E-state index contributed by atoms with van der Waals surface area (Å²) in [5.74, 6) is 6.62. The van der Waals surface area contributed by atoms with Crippen LogP contribution in [0.25, 0.3) is 0 Å². The molecule has 2 amide bonds. The molecule has 2 aromatic carbocycles. The number of anilines is 1. The zero-order chi connectivity index (χ0) is 19.2. The Kier molecular flexibility index (Phi) is 5.93. The van der Waals surface area contributed by atoms with Gasteiger partial charge in [0.25, 0.3) is 0 Å². The van der Waals surface area contributed by atoms with Gasteiger partial charge in [-0.2, -0.15) is 0 Å². The molecular weight excluding hydrogens is 336 g/mol. The molecule has 4 nitrogen and oxygen atoms in total. The van der Waals surface area contributed by atoms with E-state index in [2.05, 4.69) is 17.2 Å². The highest BCUT2D eigenvalue weighted by molar-refractivity contribution is 5.96. The van der Waals surface area contributed by atoms with Crippen LogP contribution in [-0.4, -0.2) is 18.4 Å². The fourth-order valence-electron chi connectivity index (χ4n) is 2.97. The van der Waals surface area contributed by atoms with E-state index in [-0.39, 0.29) is 24.7 Å². The molecule has 1 N–H and O–H groups in total. The van der Waals surface area contributed by atoms with Crippen LogP contribution < -0.4 is 10.2 Å². The van der Waals surface area contributed by atoms with E-state index >= 15 is 0 Å². The third kappa shape index (κ3) is 4.77. The highest BCUT2D eigenvalue weighted by atomic mass is 16.2. The maximum Gasteiger partial charge on any atom is 0.227 e. The Bertz CT molecular complexity index is 906. The number of carbonyl (C=O) groups is 2. The first kappa shape index (κ1) is 18.7. The molecule has 1 aliphatic rings. The molecule has 1 heterocycles. The summed E-state index contributed by atoms with van der Waals surface area (Å²) in [6, 6.07) is 15.5. The molecule has 0 aromatic heterocycles. The minimum atomic E-state index is -0.0856. The first-order valence-electron chi connectivity index (χ1n) is 9.30. The summed E-state index contributed by atoms with van der Waals surface area (Å²) in [6.07, 6.45) is 0.366. The van der Waals surface area contributed by atoms with Crippen molar-refractivity contribution in [2.75, 3.05) is 11.4 Å². The maximum atomic E-state index is 13.0. The monoisotopic (exact) mass is 360 g/mol. The molecule has 0 bridgehead atoms. The SMILES string of the molecule is CC(C)CNC(=O)CCC(=O)N1Cc2ccccc2C#Cc2ccccc21. The molecule has 0 aliphatic carbocycles. The Hall–Kier alpha value is -3.06. The number of benzene rings is 2. The summed E-state index contributed by atoms with van der Waals surface area (Å²) in [6.45, 7) is 5.17. The van der Waals surface area contributed by atoms with Crippen molar-refractivity contribution in [3.8, 4) is 11.8 Å². The summed E-state index contributed by atoms with van der Waals surface area (Å²) in [7, 11) is 0. The number of para-hydroxylation sites is 1. The lowest BCUT2D eigenvalue weighted by Gasteiger charge is -2.26. The molecule has 3 rings (SSSR count). The van der Waals surface area contributed by atoms with E-state index in [1.165, 1.54) is 0 Å². The summed E-state index contributed by atoms with van der Waals surface area (Å²) in [4.78, 5) is 26.7. The third-order valence-electron chi connectivity index (χ3n) is 4.45. The fourth-order valence-corrected chi connectivity index (χ4v) is 2.97. The predicted molar refractivity (Wildman–Crippen MR) is 107 cm³/mol. The Balaban J connectivity index is 1.81. The minimum Gasteiger partial charge on any atom is -0.356 e. The molecule has 0 fully saturated rings. The second kappa shape index (κ2) is 8.55. The quantitative estimate of drug-likeness (QED) is 0.830. The van der Waals surface area contributed by atoms with Gasteiger partial charge in [0.1, 0.15) is 0 Å². The molecule has 0 saturated heterocycles. The van der Waals surface area contributed by atoms with E-state index in [1.807, 2.05) is 62.4 Å². The second-order valence-corrected chi connectivity index (χ2v) is 7.10. The molecule has 0 unspecified atom stereocenters. The van der Waals surface area contributed by atoms with Gasteiger partial charge in [-0.3, -0.25) is 9.59 Å². The first-order chi connectivity index (χ1) is 13.0. The molecule has 27 heavy (non-hydrogen) atoms. The largest absolute Gasteiger partial charge is 0.356 e. The van der Waals surface area contributed by atoms with Gasteiger partial charge in [-0.1, -0.05) is 56.0 Å². The molecule has 1 aliphatic heterocycles. The second-order valence-electron chi connectivity index (χ2n) is 7.10. The van der Waals surface area contributed by atoms with Crippen LogP contribution in [0.4, 0.5) is 5.69 Å². The number of hydrogen-bond donors (Lipinski definition) is 1. The minimum absolute atomic E-state index is 0.0688. The van der Waals surface area contributed by atoms with Crippen molar-refractivity contribution in [1.29, 1.82) is 0 Å². The number of hydrogen-bond acceptors (Lipinski definition) is 2. The van der Waals surface area contributed by atoms with E-state index in [9.17, 15) is 9.59 Å². The molecule has 0 radical (unpaired) electrons. The van der Waals surface area contributed by atoms with Crippen molar-refractivity contribution >= 4 is 17.5 Å². The van der Waals surface area contributed by atoms with Crippen molar-refractivity contribution in [3.63, 3.8) is 0 Å². The van der Waals surface area contributed by atoms with Crippen molar-refractivity contribution in [2.45, 2.75) is 33.2 Å². The Morgan fingerprint density at radius 3 is 2.44 bits per heavy atom. The number of rotatable bonds is 5. The van der Waals surface area contributed by atoms with Gasteiger partial charge >= 0.3 is 0 Å². The van der Waals surface area contributed by atoms with E-state index in [1.54, 1.807) is 4.90 Å². The van der Waals surface area contributed by atoms with Gasteiger partial charge in [-0.25, -0.2) is 0 Å². The predicted octanol–water partition coefficient (Wildman–Crippen LogP) is 3.49. The van der Waals surface area contributed by atoms with Crippen LogP contribution in [0.15, 0.2) is 48.5 Å². The summed E-state index contributed by atoms with van der Waals surface area (Å²) < 4.78 is 0. The van der Waals surface area contributed by atoms with Crippen LogP contribution in [-0.2, 0) is 16.1 Å². The first-order valence-corrected chi connectivity index (χ1v) is 9.30. The zero-order valence-corrected chi connectivity index (χ0v) is 15.8.